The van der Waals surface area contributed by atoms with E-state index in [1.807, 2.05) is 6.07 Å². The first-order valence-corrected chi connectivity index (χ1v) is 15.4. The molecule has 0 radical (unpaired) electrons. The molecule has 0 spiro atoms. The van der Waals surface area contributed by atoms with Crippen molar-refractivity contribution < 1.29 is 17.9 Å². The molecule has 3 aliphatic rings. The summed E-state index contributed by atoms with van der Waals surface area (Å²) >= 11 is 7.70. The van der Waals surface area contributed by atoms with Gasteiger partial charge in [-0.15, -0.1) is 11.3 Å². The normalized spacial score (nSPS) is 22.6. The molecule has 2 N–H and O–H groups in total. The van der Waals surface area contributed by atoms with Crippen LogP contribution in [-0.2, 0) is 0 Å². The van der Waals surface area contributed by atoms with Crippen LogP contribution in [-0.4, -0.2) is 59.4 Å². The molecule has 2 atom stereocenters. The number of anilines is 2. The topological polar surface area (TPSA) is 91.3 Å². The Morgan fingerprint density at radius 3 is 2.76 bits per heavy atom. The quantitative estimate of drug-likeness (QED) is 0.264. The summed E-state index contributed by atoms with van der Waals surface area (Å²) in [6.07, 6.45) is 4.30. The van der Waals surface area contributed by atoms with Gasteiger partial charge in [-0.05, 0) is 56.3 Å². The number of alkyl halides is 1. The zero-order chi connectivity index (χ0) is 29.2. The van der Waals surface area contributed by atoms with Gasteiger partial charge in [0.1, 0.15) is 41.0 Å². The van der Waals surface area contributed by atoms with Crippen molar-refractivity contribution in [3.8, 4) is 23.2 Å². The van der Waals surface area contributed by atoms with Crippen LogP contribution in [0, 0.1) is 23.0 Å². The number of hydrogen-bond donors (Lipinski definition) is 1. The molecule has 0 aliphatic carbocycles. The van der Waals surface area contributed by atoms with Crippen LogP contribution in [0.15, 0.2) is 18.2 Å². The van der Waals surface area contributed by atoms with E-state index in [9.17, 15) is 14.0 Å². The maximum absolute atomic E-state index is 16.7. The minimum atomic E-state index is -0.908. The number of thiophene rings is 1. The van der Waals surface area contributed by atoms with Crippen molar-refractivity contribution in [3.05, 3.63) is 40.4 Å². The van der Waals surface area contributed by atoms with E-state index < -0.39 is 23.3 Å². The standard InChI is InChI=1S/C30H28ClF3N6OS/c31-20-11-18-25(24(34)23(20)17-5-6-21(33)26-22(17)19(13-35)27(36)42-26)37-29(38-28(18)39-8-2-1-3-9-39)41-15-30-7-4-10-40(30)14-16(32)12-30/h5-6,11,16H,1-4,7-10,12,14-15,36H2/t16-,30+/m1/s1. The van der Waals surface area contributed by atoms with Crippen LogP contribution in [0.25, 0.3) is 32.1 Å². The van der Waals surface area contributed by atoms with E-state index in [2.05, 4.69) is 14.8 Å². The van der Waals surface area contributed by atoms with Gasteiger partial charge in [-0.3, -0.25) is 4.90 Å². The van der Waals surface area contributed by atoms with Gasteiger partial charge in [0.15, 0.2) is 5.82 Å². The third-order valence-corrected chi connectivity index (χ3v) is 10.3. The molecule has 3 saturated heterocycles. The maximum Gasteiger partial charge on any atom is 0.319 e. The first-order valence-electron chi connectivity index (χ1n) is 14.2. The van der Waals surface area contributed by atoms with Gasteiger partial charge in [-0.1, -0.05) is 17.7 Å². The van der Waals surface area contributed by atoms with Crippen molar-refractivity contribution in [3.63, 3.8) is 0 Å². The lowest BCUT2D eigenvalue weighted by atomic mass is 9.95. The molecule has 0 amide bonds. The summed E-state index contributed by atoms with van der Waals surface area (Å²) in [5.74, 6) is -0.758. The van der Waals surface area contributed by atoms with Crippen LogP contribution >= 0.6 is 22.9 Å². The summed E-state index contributed by atoms with van der Waals surface area (Å²) < 4.78 is 52.2. The number of rotatable bonds is 5. The number of halogens is 4. The number of fused-ring (bicyclic) bond motifs is 3. The van der Waals surface area contributed by atoms with Gasteiger partial charge in [0.2, 0.25) is 0 Å². The summed E-state index contributed by atoms with van der Waals surface area (Å²) in [6.45, 7) is 2.90. The maximum atomic E-state index is 16.7. The minimum Gasteiger partial charge on any atom is -0.461 e. The van der Waals surface area contributed by atoms with Crippen LogP contribution in [0.3, 0.4) is 0 Å². The smallest absolute Gasteiger partial charge is 0.319 e. The number of hydrogen-bond acceptors (Lipinski definition) is 8. The SMILES string of the molecule is N#Cc1c(N)sc2c(F)ccc(-c3c(Cl)cc4c(N5CCCCC5)nc(OC[C@@]56CCCN5C[C@H](F)C6)nc4c3F)c12. The third-order valence-electron chi connectivity index (χ3n) is 8.93. The zero-order valence-electron chi connectivity index (χ0n) is 22.7. The Hall–Kier alpha value is -3.33. The molecule has 7 nitrogen and oxygen atoms in total. The Morgan fingerprint density at radius 2 is 1.98 bits per heavy atom. The van der Waals surface area contributed by atoms with Gasteiger partial charge < -0.3 is 15.4 Å². The van der Waals surface area contributed by atoms with E-state index in [4.69, 9.17) is 27.1 Å². The van der Waals surface area contributed by atoms with Crippen molar-refractivity contribution in [2.24, 2.45) is 0 Å². The second kappa shape index (κ2) is 10.4. The molecule has 4 aromatic rings. The average Bonchev–Trinajstić information content (AvgIpc) is 3.63. The third kappa shape index (κ3) is 4.34. The molecule has 3 fully saturated rings. The molecule has 7 rings (SSSR count). The van der Waals surface area contributed by atoms with Crippen LogP contribution in [0.4, 0.5) is 24.0 Å². The van der Waals surface area contributed by atoms with Gasteiger partial charge in [0.05, 0.1) is 20.8 Å². The number of nitrogens with zero attached hydrogens (tertiary/aromatic N) is 5. The molecule has 0 bridgehead atoms. The Balaban J connectivity index is 1.39. The molecule has 5 heterocycles. The molecule has 0 unspecified atom stereocenters. The number of benzene rings is 2. The summed E-state index contributed by atoms with van der Waals surface area (Å²) in [5, 5.41) is 10.7. The van der Waals surface area contributed by atoms with Gasteiger partial charge in [0.25, 0.3) is 0 Å². The molecule has 42 heavy (non-hydrogen) atoms. The van der Waals surface area contributed by atoms with Gasteiger partial charge >= 0.3 is 6.01 Å². The minimum absolute atomic E-state index is 0.00524. The van der Waals surface area contributed by atoms with E-state index in [1.54, 1.807) is 6.07 Å². The molecule has 2 aromatic heterocycles. The molecule has 218 valence electrons. The number of aromatic nitrogens is 2. The van der Waals surface area contributed by atoms with Crippen molar-refractivity contribution in [2.45, 2.75) is 50.2 Å². The molecule has 12 heteroatoms. The summed E-state index contributed by atoms with van der Waals surface area (Å²) in [7, 11) is 0. The fraction of sp³-hybridized carbons (Fsp3) is 0.433. The fourth-order valence-electron chi connectivity index (χ4n) is 6.97. The Morgan fingerprint density at radius 1 is 1.17 bits per heavy atom. The lowest BCUT2D eigenvalue weighted by Crippen LogP contribution is -2.43. The number of nitrogens with two attached hydrogens (primary N) is 1. The number of piperidine rings is 1. The van der Waals surface area contributed by atoms with E-state index in [-0.39, 0.29) is 54.9 Å². The Labute approximate surface area is 249 Å². The van der Waals surface area contributed by atoms with Crippen LogP contribution < -0.4 is 15.4 Å². The Bertz CT molecular complexity index is 1770. The predicted molar refractivity (Wildman–Crippen MR) is 159 cm³/mol. The van der Waals surface area contributed by atoms with E-state index >= 15 is 4.39 Å². The lowest BCUT2D eigenvalue weighted by molar-refractivity contribution is 0.107. The Kier molecular flexibility index (Phi) is 6.83. The largest absolute Gasteiger partial charge is 0.461 e. The highest BCUT2D eigenvalue weighted by Crippen LogP contribution is 2.46. The highest BCUT2D eigenvalue weighted by Gasteiger charge is 2.49. The first kappa shape index (κ1) is 27.5. The highest BCUT2D eigenvalue weighted by molar-refractivity contribution is 7.23. The number of nitriles is 1. The highest BCUT2D eigenvalue weighted by atomic mass is 35.5. The van der Waals surface area contributed by atoms with E-state index in [0.29, 0.717) is 24.2 Å². The first-order chi connectivity index (χ1) is 20.3. The van der Waals surface area contributed by atoms with Gasteiger partial charge in [0, 0.05) is 42.4 Å². The van der Waals surface area contributed by atoms with Gasteiger partial charge in [-0.25, -0.2) is 13.2 Å². The molecule has 3 aliphatic heterocycles. The van der Waals surface area contributed by atoms with Crippen molar-refractivity contribution in [1.82, 2.24) is 14.9 Å². The van der Waals surface area contributed by atoms with Crippen LogP contribution in [0.2, 0.25) is 5.02 Å². The van der Waals surface area contributed by atoms with Crippen molar-refractivity contribution in [1.29, 1.82) is 5.26 Å². The van der Waals surface area contributed by atoms with Crippen LogP contribution in [0.5, 0.6) is 6.01 Å². The molecule has 0 saturated carbocycles. The van der Waals surface area contributed by atoms with Crippen LogP contribution in [0.1, 0.15) is 44.1 Å². The van der Waals surface area contributed by atoms with E-state index in [0.717, 1.165) is 63.1 Å². The average molecular weight is 613 g/mol. The monoisotopic (exact) mass is 612 g/mol. The zero-order valence-corrected chi connectivity index (χ0v) is 24.3. The molecule has 2 aromatic carbocycles. The fourth-order valence-corrected chi connectivity index (χ4v) is 8.22. The predicted octanol–water partition coefficient (Wildman–Crippen LogP) is 6.84. The van der Waals surface area contributed by atoms with Crippen molar-refractivity contribution >= 4 is 54.7 Å². The second-order valence-electron chi connectivity index (χ2n) is 11.4. The number of nitrogen functional groups attached to an aromatic ring is 1. The van der Waals surface area contributed by atoms with Crippen molar-refractivity contribution in [2.75, 3.05) is 43.4 Å². The second-order valence-corrected chi connectivity index (χ2v) is 12.9. The summed E-state index contributed by atoms with van der Waals surface area (Å²) in [5.41, 5.74) is 5.94. The van der Waals surface area contributed by atoms with E-state index in [1.165, 1.54) is 12.1 Å². The summed E-state index contributed by atoms with van der Waals surface area (Å²) in [4.78, 5) is 13.5. The summed E-state index contributed by atoms with van der Waals surface area (Å²) in [6, 6.07) is 6.29. The van der Waals surface area contributed by atoms with Gasteiger partial charge in [-0.2, -0.15) is 15.2 Å². The molecular weight excluding hydrogens is 585 g/mol. The number of ether oxygens (including phenoxy) is 1. The molecular formula is C30H28ClF3N6OS. The lowest BCUT2D eigenvalue weighted by Gasteiger charge is -2.31.